The number of nitrogens with two attached hydrogens (primary N) is 6. The number of unbranched alkanes of at least 4 members (excludes halogenated alkanes) is 1. The molecule has 4 rings (SSSR count). The number of carbonyl (C=O) groups is 12. The number of amides is 12. The highest BCUT2D eigenvalue weighted by atomic mass is 32.2. The van der Waals surface area contributed by atoms with Crippen LogP contribution in [0.1, 0.15) is 122 Å². The number of primary amides is 2. The van der Waals surface area contributed by atoms with Crippen molar-refractivity contribution in [3.8, 4) is 0 Å². The second-order valence-corrected chi connectivity index (χ2v) is 26.6. The van der Waals surface area contributed by atoms with Crippen LogP contribution in [0.4, 0.5) is 0 Å². The smallest absolute Gasteiger partial charge is 0.246 e. The summed E-state index contributed by atoms with van der Waals surface area (Å²) in [5.41, 5.74) is 33.5. The molecule has 95 heavy (non-hydrogen) atoms. The summed E-state index contributed by atoms with van der Waals surface area (Å²) in [7, 11) is 0. The van der Waals surface area contributed by atoms with Gasteiger partial charge in [0.1, 0.15) is 53.9 Å². The highest BCUT2D eigenvalue weighted by Crippen LogP contribution is 2.24. The predicted octanol–water partition coefficient (Wildman–Crippen LogP) is -1.83. The molecule has 0 radical (unpaired) electrons. The van der Waals surface area contributed by atoms with Crippen molar-refractivity contribution in [2.75, 3.05) is 56.7 Å². The molecule has 0 saturated carbocycles. The molecule has 0 unspecified atom stereocenters. The van der Waals surface area contributed by atoms with Gasteiger partial charge in [-0.1, -0.05) is 74.5 Å². The number of rotatable bonds is 42. The first-order valence-electron chi connectivity index (χ1n) is 32.4. The minimum absolute atomic E-state index is 0.0190. The fraction of sp³-hybridized carbons (Fsp3) is 0.609. The van der Waals surface area contributed by atoms with Crippen molar-refractivity contribution < 1.29 is 57.5 Å². The molecule has 12 amide bonds. The molecule has 526 valence electrons. The highest BCUT2D eigenvalue weighted by molar-refractivity contribution is 7.98. The number of nitrogens with one attached hydrogen (secondary N) is 8. The third-order valence-corrected chi connectivity index (χ3v) is 17.7. The standard InChI is InChI=1S/C64H101N17O12S2/c1-39(2)35-46(55(86)74-43(53(68)84)27-33-94-4)73-52(83)38-72-54(85)47(36-40-17-8-6-9-18-40)77-56(87)48(37-41-19-10-7-11-20-41)78-62(93)64(3,28-34-95-5)79-57(88)44(25-26-51(67)82)75-58(89)50-24-16-32-81(50)61(92)45(22-12-13-29-65)76-59(90)49-23-15-31-80(49)60(91)42(66)21-14-30-71-63(69)70/h6-11,17-20,39,42-50H,12-16,21-38,65-66H2,1-5H3,(H2,67,82)(H2,68,84)(H,72,85)(H,73,83)(H,74,86)(H,75,89)(H,76,90)(H,77,87)(H,78,93)(H,79,88)(H4,69,70,71)/t42-,43-,44-,45-,46-,47-,48-,49-,50-,64-/m0/s1. The van der Waals surface area contributed by atoms with Gasteiger partial charge in [-0.05, 0) is 138 Å². The van der Waals surface area contributed by atoms with Crippen molar-refractivity contribution >= 4 is 100 Å². The van der Waals surface area contributed by atoms with Gasteiger partial charge in [-0.3, -0.25) is 62.5 Å². The van der Waals surface area contributed by atoms with E-state index in [4.69, 9.17) is 34.4 Å². The number of aliphatic imine (C=N–C) groups is 1. The third kappa shape index (κ3) is 27.0. The maximum atomic E-state index is 15.0. The lowest BCUT2D eigenvalue weighted by atomic mass is 9.94. The minimum Gasteiger partial charge on any atom is -0.370 e. The van der Waals surface area contributed by atoms with Crippen LogP contribution in [0.25, 0.3) is 0 Å². The maximum Gasteiger partial charge on any atom is 0.246 e. The average Bonchev–Trinajstić information content (AvgIpc) is 1.81. The zero-order valence-corrected chi connectivity index (χ0v) is 57.0. The second kappa shape index (κ2) is 41.0. The maximum absolute atomic E-state index is 15.0. The Morgan fingerprint density at radius 3 is 1.68 bits per heavy atom. The first-order valence-corrected chi connectivity index (χ1v) is 35.2. The van der Waals surface area contributed by atoms with E-state index in [0.29, 0.717) is 67.7 Å². The van der Waals surface area contributed by atoms with Crippen LogP contribution in [0.3, 0.4) is 0 Å². The Balaban J connectivity index is 1.57. The first-order chi connectivity index (χ1) is 45.2. The van der Waals surface area contributed by atoms with Crippen LogP contribution in [0.2, 0.25) is 0 Å². The Labute approximate surface area is 564 Å². The van der Waals surface area contributed by atoms with Crippen molar-refractivity contribution in [1.82, 2.24) is 52.3 Å². The van der Waals surface area contributed by atoms with Crippen molar-refractivity contribution in [2.24, 2.45) is 45.3 Å². The van der Waals surface area contributed by atoms with E-state index in [1.54, 1.807) is 66.9 Å². The Morgan fingerprint density at radius 1 is 0.600 bits per heavy atom. The van der Waals surface area contributed by atoms with Gasteiger partial charge in [-0.15, -0.1) is 0 Å². The number of thioether (sulfide) groups is 2. The molecule has 2 saturated heterocycles. The molecule has 2 fully saturated rings. The van der Waals surface area contributed by atoms with E-state index in [1.807, 2.05) is 20.1 Å². The van der Waals surface area contributed by atoms with E-state index in [2.05, 4.69) is 47.5 Å². The van der Waals surface area contributed by atoms with Crippen molar-refractivity contribution in [3.05, 3.63) is 71.8 Å². The molecule has 2 aliphatic heterocycles. The Kier molecular flexibility index (Phi) is 34.3. The number of nitrogens with zero attached hydrogens (tertiary/aromatic N) is 3. The molecule has 29 nitrogen and oxygen atoms in total. The van der Waals surface area contributed by atoms with Crippen LogP contribution >= 0.6 is 23.5 Å². The molecule has 10 atom stereocenters. The van der Waals surface area contributed by atoms with Crippen LogP contribution in [-0.2, 0) is 70.4 Å². The van der Waals surface area contributed by atoms with Gasteiger partial charge in [0.2, 0.25) is 70.9 Å². The van der Waals surface area contributed by atoms with Crippen LogP contribution in [0, 0.1) is 5.92 Å². The summed E-state index contributed by atoms with van der Waals surface area (Å²) in [6.07, 6.45) is 6.34. The molecule has 0 aromatic heterocycles. The van der Waals surface area contributed by atoms with E-state index in [9.17, 15) is 57.5 Å². The number of benzene rings is 2. The van der Waals surface area contributed by atoms with Crippen molar-refractivity contribution in [2.45, 2.75) is 183 Å². The summed E-state index contributed by atoms with van der Waals surface area (Å²) >= 11 is 2.82. The minimum atomic E-state index is -1.82. The average molecular weight is 1360 g/mol. The molecule has 2 heterocycles. The first kappa shape index (κ1) is 79.4. The normalized spacial score (nSPS) is 17.2. The van der Waals surface area contributed by atoms with Gasteiger partial charge in [0, 0.05) is 38.9 Å². The molecule has 0 spiro atoms. The fourth-order valence-corrected chi connectivity index (χ4v) is 12.2. The lowest BCUT2D eigenvalue weighted by molar-refractivity contribution is -0.144. The van der Waals surface area contributed by atoms with E-state index in [0.717, 1.165) is 0 Å². The van der Waals surface area contributed by atoms with Gasteiger partial charge >= 0.3 is 0 Å². The SMILES string of the molecule is CSCC[C@H](NC(=O)[C@H](CC(C)C)NC(=O)CNC(=O)[C@H](Cc1ccccc1)NC(=O)[C@H](Cc1ccccc1)NC(=O)[C@](C)(CCSC)NC(=O)[C@H](CCC(N)=O)NC(=O)[C@@H]1CCCN1C(=O)[C@H](CCCCN)NC(=O)[C@@H]1CCCN1C(=O)[C@@H](N)CCCN=C(N)N)C(N)=O. The Hall–Kier alpha value is -8.03. The molecular weight excluding hydrogens is 1260 g/mol. The third-order valence-electron chi connectivity index (χ3n) is 16.4. The lowest BCUT2D eigenvalue weighted by Gasteiger charge is -2.34. The van der Waals surface area contributed by atoms with Crippen LogP contribution in [0.5, 0.6) is 0 Å². The molecule has 2 aliphatic rings. The zero-order valence-electron chi connectivity index (χ0n) is 55.3. The van der Waals surface area contributed by atoms with Crippen LogP contribution < -0.4 is 76.9 Å². The van der Waals surface area contributed by atoms with Gasteiger partial charge in [-0.2, -0.15) is 23.5 Å². The van der Waals surface area contributed by atoms with Crippen molar-refractivity contribution in [3.63, 3.8) is 0 Å². The van der Waals surface area contributed by atoms with Gasteiger partial charge < -0.3 is 86.7 Å². The largest absolute Gasteiger partial charge is 0.370 e. The monoisotopic (exact) mass is 1360 g/mol. The Bertz CT molecular complexity index is 2930. The van der Waals surface area contributed by atoms with Gasteiger partial charge in [0.15, 0.2) is 5.96 Å². The predicted molar refractivity (Wildman–Crippen MR) is 365 cm³/mol. The zero-order chi connectivity index (χ0) is 70.2. The molecule has 2 aromatic carbocycles. The quantitative estimate of drug-likeness (QED) is 0.0197. The van der Waals surface area contributed by atoms with E-state index in [1.165, 1.54) is 40.2 Å². The van der Waals surface area contributed by atoms with Gasteiger partial charge in [-0.25, -0.2) is 0 Å². The lowest BCUT2D eigenvalue weighted by Crippen LogP contribution is -2.64. The molecular formula is C64H101N17O12S2. The fourth-order valence-electron chi connectivity index (χ4n) is 11.1. The molecule has 31 heteroatoms. The summed E-state index contributed by atoms with van der Waals surface area (Å²) in [5.74, 6) is -7.87. The summed E-state index contributed by atoms with van der Waals surface area (Å²) < 4.78 is 0. The van der Waals surface area contributed by atoms with Crippen LogP contribution in [-0.4, -0.2) is 203 Å². The number of carbonyl (C=O) groups excluding carboxylic acids is 12. The highest BCUT2D eigenvalue weighted by Gasteiger charge is 2.44. The summed E-state index contributed by atoms with van der Waals surface area (Å²) in [6.45, 7) is 5.47. The van der Waals surface area contributed by atoms with E-state index in [-0.39, 0.29) is 95.7 Å². The molecule has 2 aromatic rings. The molecule has 0 bridgehead atoms. The number of likely N-dealkylation sites (tertiary alicyclic amines) is 2. The summed E-state index contributed by atoms with van der Waals surface area (Å²) in [6, 6.07) is 6.98. The number of hydrogen-bond acceptors (Lipinski definition) is 17. The van der Waals surface area contributed by atoms with Gasteiger partial charge in [0.25, 0.3) is 0 Å². The second-order valence-electron chi connectivity index (χ2n) is 24.6. The van der Waals surface area contributed by atoms with Crippen molar-refractivity contribution in [1.29, 1.82) is 0 Å². The van der Waals surface area contributed by atoms with E-state index < -0.39 is 137 Å². The van der Waals surface area contributed by atoms with E-state index >= 15 is 0 Å². The topological polar surface area (TPSA) is 476 Å². The van der Waals surface area contributed by atoms with Gasteiger partial charge in [0.05, 0.1) is 12.6 Å². The summed E-state index contributed by atoms with van der Waals surface area (Å²) in [4.78, 5) is 174. The number of hydrogen-bond donors (Lipinski definition) is 14. The van der Waals surface area contributed by atoms with Crippen LogP contribution in [0.15, 0.2) is 65.7 Å². The molecule has 0 aliphatic carbocycles. The summed E-state index contributed by atoms with van der Waals surface area (Å²) in [5, 5.41) is 21.8. The number of guanidine groups is 1. The molecule has 20 N–H and O–H groups in total. The Morgan fingerprint density at radius 2 is 1.15 bits per heavy atom.